The molecule has 0 atom stereocenters. The first kappa shape index (κ1) is 10.1. The molecule has 0 saturated carbocycles. The molecule has 1 heterocycles. The van der Waals surface area contributed by atoms with E-state index >= 15 is 0 Å². The van der Waals surface area contributed by atoms with E-state index in [1.54, 1.807) is 6.07 Å². The minimum absolute atomic E-state index is 0.506. The van der Waals surface area contributed by atoms with E-state index in [0.717, 1.165) is 11.3 Å². The zero-order chi connectivity index (χ0) is 10.7. The van der Waals surface area contributed by atoms with Crippen molar-refractivity contribution in [3.8, 4) is 11.3 Å². The zero-order valence-electron chi connectivity index (χ0n) is 7.98. The van der Waals surface area contributed by atoms with Gasteiger partial charge in [0, 0.05) is 12.0 Å². The summed E-state index contributed by atoms with van der Waals surface area (Å²) in [6.07, 6.45) is 0.629. The summed E-state index contributed by atoms with van der Waals surface area (Å²) in [5, 5.41) is 8.27. The van der Waals surface area contributed by atoms with Gasteiger partial charge in [0.2, 0.25) is 0 Å². The maximum absolute atomic E-state index is 6.05. The molecule has 0 spiro atoms. The largest absolute Gasteiger partial charge is 0.330 e. The quantitative estimate of drug-likeness (QED) is 0.863. The zero-order valence-corrected chi connectivity index (χ0v) is 8.74. The van der Waals surface area contributed by atoms with Crippen molar-refractivity contribution in [2.24, 2.45) is 5.73 Å². The van der Waals surface area contributed by atoms with Gasteiger partial charge in [-0.3, -0.25) is 0 Å². The van der Waals surface area contributed by atoms with Gasteiger partial charge in [-0.05, 0) is 17.8 Å². The van der Waals surface area contributed by atoms with Crippen LogP contribution in [0.3, 0.4) is 0 Å². The number of aromatic nitrogens is 2. The molecule has 2 rings (SSSR count). The Morgan fingerprint density at radius 2 is 2.07 bits per heavy atom. The summed E-state index contributed by atoms with van der Waals surface area (Å²) < 4.78 is 4.69. The molecule has 0 aliphatic carbocycles. The molecule has 0 bridgehead atoms. The third-order valence-electron chi connectivity index (χ3n) is 2.07. The van der Waals surface area contributed by atoms with Gasteiger partial charge in [0.05, 0.1) is 5.02 Å². The first-order chi connectivity index (χ1) is 7.33. The van der Waals surface area contributed by atoms with Crippen molar-refractivity contribution in [3.63, 3.8) is 0 Å². The van der Waals surface area contributed by atoms with Gasteiger partial charge < -0.3 is 5.73 Å². The average Bonchev–Trinajstić information content (AvgIpc) is 2.67. The molecule has 0 fully saturated rings. The molecule has 0 aliphatic rings. The summed E-state index contributed by atoms with van der Waals surface area (Å²) in [6, 6.07) is 7.43. The van der Waals surface area contributed by atoms with Crippen LogP contribution in [0.2, 0.25) is 5.02 Å². The minimum Gasteiger partial charge on any atom is -0.330 e. The maximum atomic E-state index is 6.05. The van der Waals surface area contributed by atoms with Gasteiger partial charge in [-0.1, -0.05) is 35.0 Å². The van der Waals surface area contributed by atoms with Gasteiger partial charge in [-0.15, -0.1) is 0 Å². The van der Waals surface area contributed by atoms with Crippen molar-refractivity contribution in [3.05, 3.63) is 35.0 Å². The van der Waals surface area contributed by atoms with Gasteiger partial charge >= 0.3 is 0 Å². The summed E-state index contributed by atoms with van der Waals surface area (Å²) in [7, 11) is 0. The molecule has 2 aromatic rings. The van der Waals surface area contributed by atoms with E-state index in [-0.39, 0.29) is 0 Å². The molecule has 0 saturated heterocycles. The molecule has 0 amide bonds. The molecule has 0 radical (unpaired) electrons. The second-order valence-electron chi connectivity index (χ2n) is 3.08. The summed E-state index contributed by atoms with van der Waals surface area (Å²) in [6.45, 7) is 0.506. The lowest BCUT2D eigenvalue weighted by atomic mass is 10.1. The number of halogens is 1. The third kappa shape index (κ3) is 2.00. The Morgan fingerprint density at radius 3 is 2.80 bits per heavy atom. The number of hydrogen-bond donors (Lipinski definition) is 1. The Labute approximate surface area is 92.0 Å². The number of benzene rings is 1. The van der Waals surface area contributed by atoms with E-state index in [1.807, 2.05) is 18.2 Å². The lowest BCUT2D eigenvalue weighted by Crippen LogP contribution is -2.04. The Hall–Kier alpha value is -1.39. The number of nitrogens with zero attached hydrogens (tertiary/aromatic N) is 2. The van der Waals surface area contributed by atoms with Crippen LogP contribution in [-0.4, -0.2) is 16.9 Å². The van der Waals surface area contributed by atoms with Crippen LogP contribution in [0.25, 0.3) is 11.3 Å². The molecule has 0 unspecified atom stereocenters. The van der Waals surface area contributed by atoms with Gasteiger partial charge in [0.25, 0.3) is 0 Å². The molecular formula is C10H10ClN3O. The highest BCUT2D eigenvalue weighted by Gasteiger charge is 2.13. The van der Waals surface area contributed by atoms with Crippen molar-refractivity contribution in [2.45, 2.75) is 6.42 Å². The second kappa shape index (κ2) is 4.42. The molecule has 78 valence electrons. The molecule has 0 aliphatic heterocycles. The van der Waals surface area contributed by atoms with Gasteiger partial charge in [0.1, 0.15) is 11.4 Å². The van der Waals surface area contributed by atoms with Crippen molar-refractivity contribution in [2.75, 3.05) is 6.54 Å². The highest BCUT2D eigenvalue weighted by Crippen LogP contribution is 2.27. The fourth-order valence-corrected chi connectivity index (χ4v) is 1.59. The van der Waals surface area contributed by atoms with Crippen LogP contribution in [-0.2, 0) is 6.42 Å². The van der Waals surface area contributed by atoms with Crippen LogP contribution in [0.4, 0.5) is 0 Å². The van der Waals surface area contributed by atoms with Crippen molar-refractivity contribution < 1.29 is 4.63 Å². The first-order valence-corrected chi connectivity index (χ1v) is 4.97. The number of hydrogen-bond acceptors (Lipinski definition) is 4. The number of nitrogens with two attached hydrogens (primary N) is 1. The van der Waals surface area contributed by atoms with E-state index in [2.05, 4.69) is 10.3 Å². The van der Waals surface area contributed by atoms with E-state index in [9.17, 15) is 0 Å². The molecule has 5 heteroatoms. The minimum atomic E-state index is 0.506. The lowest BCUT2D eigenvalue weighted by Gasteiger charge is -2.00. The highest BCUT2D eigenvalue weighted by molar-refractivity contribution is 6.33. The summed E-state index contributed by atoms with van der Waals surface area (Å²) in [4.78, 5) is 0. The van der Waals surface area contributed by atoms with E-state index in [4.69, 9.17) is 22.0 Å². The van der Waals surface area contributed by atoms with Crippen LogP contribution in [0.5, 0.6) is 0 Å². The van der Waals surface area contributed by atoms with Gasteiger partial charge in [-0.25, -0.2) is 4.63 Å². The van der Waals surface area contributed by atoms with Crippen molar-refractivity contribution in [1.29, 1.82) is 0 Å². The van der Waals surface area contributed by atoms with Crippen LogP contribution in [0.1, 0.15) is 5.69 Å². The second-order valence-corrected chi connectivity index (χ2v) is 3.49. The van der Waals surface area contributed by atoms with E-state index < -0.39 is 0 Å². The molecule has 1 aromatic carbocycles. The standard InChI is InChI=1S/C10H10ClN3O/c11-8-4-2-1-3-7(8)10-9(5-6-12)13-15-14-10/h1-4H,5-6,12H2. The predicted octanol–water partition coefficient (Wildman–Crippen LogP) is 1.89. The first-order valence-electron chi connectivity index (χ1n) is 4.59. The number of rotatable bonds is 3. The van der Waals surface area contributed by atoms with Gasteiger partial charge in [0.15, 0.2) is 0 Å². The van der Waals surface area contributed by atoms with Crippen LogP contribution in [0.15, 0.2) is 28.9 Å². The molecule has 4 nitrogen and oxygen atoms in total. The summed E-state index contributed by atoms with van der Waals surface area (Å²) in [5.41, 5.74) is 7.70. The molecule has 1 aromatic heterocycles. The molecule has 15 heavy (non-hydrogen) atoms. The van der Waals surface area contributed by atoms with Gasteiger partial charge in [-0.2, -0.15) is 0 Å². The Kier molecular flexibility index (Phi) is 2.99. The van der Waals surface area contributed by atoms with Crippen molar-refractivity contribution in [1.82, 2.24) is 10.3 Å². The van der Waals surface area contributed by atoms with Crippen molar-refractivity contribution >= 4 is 11.6 Å². The van der Waals surface area contributed by atoms with E-state index in [1.165, 1.54) is 0 Å². The molecular weight excluding hydrogens is 214 g/mol. The Balaban J connectivity index is 2.45. The summed E-state index contributed by atoms with van der Waals surface area (Å²) >= 11 is 6.05. The molecule has 2 N–H and O–H groups in total. The smallest absolute Gasteiger partial charge is 0.139 e. The fourth-order valence-electron chi connectivity index (χ4n) is 1.37. The Bertz CT molecular complexity index is 455. The third-order valence-corrected chi connectivity index (χ3v) is 2.40. The van der Waals surface area contributed by atoms with Crippen LogP contribution < -0.4 is 5.73 Å². The Morgan fingerprint density at radius 1 is 1.27 bits per heavy atom. The van der Waals surface area contributed by atoms with Crippen LogP contribution in [0, 0.1) is 0 Å². The predicted molar refractivity (Wildman–Crippen MR) is 57.5 cm³/mol. The monoisotopic (exact) mass is 223 g/mol. The topological polar surface area (TPSA) is 64.9 Å². The normalized spacial score (nSPS) is 10.5. The van der Waals surface area contributed by atoms with E-state index in [0.29, 0.717) is 23.7 Å². The average molecular weight is 224 g/mol. The summed E-state index contributed by atoms with van der Waals surface area (Å²) in [5.74, 6) is 0. The maximum Gasteiger partial charge on any atom is 0.139 e. The van der Waals surface area contributed by atoms with Crippen LogP contribution >= 0.6 is 11.6 Å². The SMILES string of the molecule is NCCc1nonc1-c1ccccc1Cl. The lowest BCUT2D eigenvalue weighted by molar-refractivity contribution is 0.304. The fraction of sp³-hybridized carbons (Fsp3) is 0.200. The highest BCUT2D eigenvalue weighted by atomic mass is 35.5.